The molecule has 0 aromatic carbocycles. The fourth-order valence-electron chi connectivity index (χ4n) is 4.56. The van der Waals surface area contributed by atoms with Crippen molar-refractivity contribution >= 4 is 17.1 Å². The van der Waals surface area contributed by atoms with Crippen LogP contribution in [0.25, 0.3) is 11.0 Å². The van der Waals surface area contributed by atoms with Crippen molar-refractivity contribution in [3.63, 3.8) is 0 Å². The third-order valence-electron chi connectivity index (χ3n) is 6.35. The molecule has 1 saturated carbocycles. The smallest absolute Gasteiger partial charge is 0.408 e. The van der Waals surface area contributed by atoms with Gasteiger partial charge in [-0.25, -0.2) is 4.79 Å². The molecule has 168 valence electrons. The topological polar surface area (TPSA) is 91.7 Å². The van der Waals surface area contributed by atoms with E-state index in [9.17, 15) is 9.59 Å². The van der Waals surface area contributed by atoms with Gasteiger partial charge in [-0.1, -0.05) is 0 Å². The summed E-state index contributed by atoms with van der Waals surface area (Å²) in [7, 11) is 1.56. The van der Waals surface area contributed by atoms with Crippen molar-refractivity contribution in [1.82, 2.24) is 14.9 Å². The van der Waals surface area contributed by atoms with Crippen LogP contribution in [-0.2, 0) is 16.0 Å². The highest BCUT2D eigenvalue weighted by Gasteiger charge is 2.50. The van der Waals surface area contributed by atoms with E-state index in [1.807, 2.05) is 26.8 Å². The molecular formula is C23H31N3O5. The van der Waals surface area contributed by atoms with E-state index in [0.717, 1.165) is 31.1 Å². The average molecular weight is 430 g/mol. The molecule has 0 atom stereocenters. The molecule has 2 bridgehead atoms. The predicted molar refractivity (Wildman–Crippen MR) is 116 cm³/mol. The number of hydrogen-bond acceptors (Lipinski definition) is 6. The molecule has 2 aromatic rings. The molecule has 8 heteroatoms. The minimum absolute atomic E-state index is 0.0859. The number of methoxy groups -OCH3 is 1. The van der Waals surface area contributed by atoms with Gasteiger partial charge in [-0.3, -0.25) is 9.36 Å². The Bertz CT molecular complexity index is 1020. The van der Waals surface area contributed by atoms with Crippen LogP contribution in [0.3, 0.4) is 0 Å². The number of amides is 1. The van der Waals surface area contributed by atoms with E-state index in [-0.39, 0.29) is 16.7 Å². The summed E-state index contributed by atoms with van der Waals surface area (Å²) in [5.41, 5.74) is -0.641. The molecule has 3 fully saturated rings. The largest absolute Gasteiger partial charge is 0.481 e. The van der Waals surface area contributed by atoms with Crippen LogP contribution in [-0.4, -0.2) is 46.1 Å². The van der Waals surface area contributed by atoms with Crippen molar-refractivity contribution in [3.8, 4) is 5.88 Å². The van der Waals surface area contributed by atoms with Crippen molar-refractivity contribution in [2.24, 2.45) is 0 Å². The molecule has 31 heavy (non-hydrogen) atoms. The molecule has 0 spiro atoms. The van der Waals surface area contributed by atoms with E-state index >= 15 is 0 Å². The quantitative estimate of drug-likeness (QED) is 0.783. The van der Waals surface area contributed by atoms with Crippen LogP contribution in [0.1, 0.15) is 52.9 Å². The van der Waals surface area contributed by atoms with Gasteiger partial charge in [0.05, 0.1) is 24.9 Å². The highest BCUT2D eigenvalue weighted by Crippen LogP contribution is 2.45. The Morgan fingerprint density at radius 3 is 2.52 bits per heavy atom. The first-order valence-corrected chi connectivity index (χ1v) is 10.8. The number of nitrogens with zero attached hydrogens (tertiary/aromatic N) is 2. The monoisotopic (exact) mass is 429 g/mol. The minimum atomic E-state index is -0.531. The summed E-state index contributed by atoms with van der Waals surface area (Å²) in [6.45, 7) is 6.54. The maximum atomic E-state index is 12.6. The van der Waals surface area contributed by atoms with E-state index in [1.54, 1.807) is 29.9 Å². The summed E-state index contributed by atoms with van der Waals surface area (Å²) in [6.07, 6.45) is 3.66. The van der Waals surface area contributed by atoms with E-state index in [2.05, 4.69) is 10.3 Å². The Balaban J connectivity index is 1.44. The lowest BCUT2D eigenvalue weighted by Gasteiger charge is -2.53. The number of aromatic nitrogens is 2. The maximum Gasteiger partial charge on any atom is 0.408 e. The van der Waals surface area contributed by atoms with Crippen molar-refractivity contribution < 1.29 is 19.0 Å². The zero-order valence-electron chi connectivity index (χ0n) is 18.7. The van der Waals surface area contributed by atoms with Gasteiger partial charge in [-0.2, -0.15) is 4.98 Å². The van der Waals surface area contributed by atoms with Crippen molar-refractivity contribution in [1.29, 1.82) is 0 Å². The lowest BCUT2D eigenvalue weighted by Crippen LogP contribution is -2.63. The van der Waals surface area contributed by atoms with E-state index in [0.29, 0.717) is 31.1 Å². The molecular weight excluding hydrogens is 398 g/mol. The van der Waals surface area contributed by atoms with Gasteiger partial charge in [-0.15, -0.1) is 0 Å². The lowest BCUT2D eigenvalue weighted by atomic mass is 9.70. The highest BCUT2D eigenvalue weighted by atomic mass is 16.6. The molecule has 2 saturated heterocycles. The van der Waals surface area contributed by atoms with Crippen LogP contribution >= 0.6 is 0 Å². The Labute approximate surface area is 181 Å². The molecule has 1 amide bonds. The second-order valence-corrected chi connectivity index (χ2v) is 9.72. The average Bonchev–Trinajstić information content (AvgIpc) is 2.72. The van der Waals surface area contributed by atoms with Gasteiger partial charge in [0.2, 0.25) is 5.88 Å². The van der Waals surface area contributed by atoms with Crippen LogP contribution in [0.2, 0.25) is 0 Å². The summed E-state index contributed by atoms with van der Waals surface area (Å²) >= 11 is 0. The maximum absolute atomic E-state index is 12.6. The SMILES string of the molecule is COc1ccc2ccc(=O)n(CCC34CCC(NC(=O)OC(C)(C)C)(CC3)CO4)c2n1. The number of fused-ring (bicyclic) bond motifs is 4. The second kappa shape index (κ2) is 7.82. The first-order valence-electron chi connectivity index (χ1n) is 10.8. The molecule has 0 unspecified atom stereocenters. The number of pyridine rings is 2. The first-order chi connectivity index (χ1) is 14.6. The zero-order chi connectivity index (χ0) is 22.3. The molecule has 8 nitrogen and oxygen atoms in total. The molecule has 1 N–H and O–H groups in total. The van der Waals surface area contributed by atoms with E-state index < -0.39 is 11.7 Å². The van der Waals surface area contributed by atoms with Gasteiger partial charge in [-0.05, 0) is 65.0 Å². The first kappa shape index (κ1) is 21.6. The predicted octanol–water partition coefficient (Wildman–Crippen LogP) is 3.40. The Kier molecular flexibility index (Phi) is 5.45. The number of ether oxygens (including phenoxy) is 3. The molecule has 3 aliphatic rings. The van der Waals surface area contributed by atoms with Crippen LogP contribution in [0.5, 0.6) is 5.88 Å². The Morgan fingerprint density at radius 1 is 1.19 bits per heavy atom. The van der Waals surface area contributed by atoms with Gasteiger partial charge in [0, 0.05) is 24.1 Å². The summed E-state index contributed by atoms with van der Waals surface area (Å²) in [5, 5.41) is 3.94. The highest BCUT2D eigenvalue weighted by molar-refractivity contribution is 5.75. The lowest BCUT2D eigenvalue weighted by molar-refractivity contribution is -0.165. The number of hydrogen-bond donors (Lipinski definition) is 1. The van der Waals surface area contributed by atoms with Crippen molar-refractivity contribution in [2.45, 2.75) is 76.2 Å². The Morgan fingerprint density at radius 2 is 1.90 bits per heavy atom. The fraction of sp³-hybridized carbons (Fsp3) is 0.609. The number of rotatable bonds is 5. The standard InChI is InChI=1S/C23H31N3O5/c1-21(2,3)31-20(28)25-22-9-11-23(12-10-22,30-15-22)13-14-26-18(27)8-6-16-5-7-17(29-4)24-19(16)26/h5-8H,9-15H2,1-4H3,(H,25,28). The molecule has 4 heterocycles. The zero-order valence-corrected chi connectivity index (χ0v) is 18.7. The molecule has 1 aliphatic carbocycles. The number of aryl methyl sites for hydroxylation is 1. The summed E-state index contributed by atoms with van der Waals surface area (Å²) < 4.78 is 18.6. The molecule has 2 aliphatic heterocycles. The second-order valence-electron chi connectivity index (χ2n) is 9.72. The van der Waals surface area contributed by atoms with E-state index in [4.69, 9.17) is 14.2 Å². The van der Waals surface area contributed by atoms with Crippen molar-refractivity contribution in [2.75, 3.05) is 13.7 Å². The third-order valence-corrected chi connectivity index (χ3v) is 6.35. The number of carbonyl (C=O) groups is 1. The Hall–Kier alpha value is -2.61. The summed E-state index contributed by atoms with van der Waals surface area (Å²) in [6, 6.07) is 7.06. The van der Waals surface area contributed by atoms with Gasteiger partial charge >= 0.3 is 6.09 Å². The van der Waals surface area contributed by atoms with Crippen LogP contribution in [0.15, 0.2) is 29.1 Å². The van der Waals surface area contributed by atoms with Crippen LogP contribution in [0.4, 0.5) is 4.79 Å². The minimum Gasteiger partial charge on any atom is -0.481 e. The normalized spacial score (nSPS) is 25.4. The third kappa shape index (κ3) is 4.54. The van der Waals surface area contributed by atoms with Crippen LogP contribution < -0.4 is 15.6 Å². The number of alkyl carbamates (subject to hydrolysis) is 1. The van der Waals surface area contributed by atoms with Gasteiger partial charge in [0.1, 0.15) is 11.2 Å². The van der Waals surface area contributed by atoms with Gasteiger partial charge < -0.3 is 19.5 Å². The fourth-order valence-corrected chi connectivity index (χ4v) is 4.56. The van der Waals surface area contributed by atoms with Gasteiger partial charge in [0.15, 0.2) is 0 Å². The summed E-state index contributed by atoms with van der Waals surface area (Å²) in [5.74, 6) is 0.481. The molecule has 0 radical (unpaired) electrons. The van der Waals surface area contributed by atoms with Gasteiger partial charge in [0.25, 0.3) is 5.56 Å². The van der Waals surface area contributed by atoms with E-state index in [1.165, 1.54) is 0 Å². The number of nitrogens with one attached hydrogen (secondary N) is 1. The summed E-state index contributed by atoms with van der Waals surface area (Å²) in [4.78, 5) is 29.3. The van der Waals surface area contributed by atoms with Crippen LogP contribution in [0, 0.1) is 0 Å². The van der Waals surface area contributed by atoms with Crippen molar-refractivity contribution in [3.05, 3.63) is 34.6 Å². The molecule has 2 aromatic heterocycles. The number of carbonyl (C=O) groups excluding carboxylic acids is 1. The molecule has 5 rings (SSSR count).